The van der Waals surface area contributed by atoms with Gasteiger partial charge in [0.25, 0.3) is 0 Å². The summed E-state index contributed by atoms with van der Waals surface area (Å²) >= 11 is 6.18. The van der Waals surface area contributed by atoms with Crippen molar-refractivity contribution in [1.29, 1.82) is 0 Å². The topological polar surface area (TPSA) is 16.1 Å². The molecule has 1 aromatic heterocycles. The second kappa shape index (κ2) is 4.98. The molecule has 2 nitrogen and oxygen atoms in total. The molecule has 1 aliphatic rings. The normalized spacial score (nSPS) is 21.2. The van der Waals surface area contributed by atoms with E-state index in [9.17, 15) is 0 Å². The number of aryl methyl sites for hydroxylation is 1. The summed E-state index contributed by atoms with van der Waals surface area (Å²) in [7, 11) is 0. The Morgan fingerprint density at radius 3 is 3.25 bits per heavy atom. The van der Waals surface area contributed by atoms with Crippen molar-refractivity contribution in [1.82, 2.24) is 9.88 Å². The maximum Gasteiger partial charge on any atom is 0.133 e. The highest BCUT2D eigenvalue weighted by Crippen LogP contribution is 2.34. The molecule has 0 radical (unpaired) electrons. The largest absolute Gasteiger partial charge is 0.293 e. The fraction of sp³-hybridized carbons (Fsp3) is 0.462. The van der Waals surface area contributed by atoms with Gasteiger partial charge in [0, 0.05) is 24.3 Å². The van der Waals surface area contributed by atoms with Crippen LogP contribution < -0.4 is 0 Å². The molecule has 1 aromatic rings. The van der Waals surface area contributed by atoms with Gasteiger partial charge in [-0.15, -0.1) is 6.58 Å². The number of halogens is 1. The fourth-order valence-electron chi connectivity index (χ4n) is 2.37. The molecule has 1 fully saturated rings. The van der Waals surface area contributed by atoms with Crippen LogP contribution in [0.1, 0.15) is 30.0 Å². The molecular weight excluding hydrogens is 220 g/mol. The van der Waals surface area contributed by atoms with Crippen molar-refractivity contribution in [2.75, 3.05) is 13.1 Å². The Labute approximate surface area is 102 Å². The molecule has 0 amide bonds. The molecule has 2 rings (SSSR count). The summed E-state index contributed by atoms with van der Waals surface area (Å²) in [6.45, 7) is 7.91. The van der Waals surface area contributed by atoms with Crippen LogP contribution in [0.25, 0.3) is 0 Å². The molecule has 1 aliphatic heterocycles. The minimum atomic E-state index is 0.415. The zero-order chi connectivity index (χ0) is 11.5. The maximum atomic E-state index is 6.18. The van der Waals surface area contributed by atoms with Gasteiger partial charge in [-0.05, 0) is 37.9 Å². The monoisotopic (exact) mass is 236 g/mol. The van der Waals surface area contributed by atoms with E-state index in [4.69, 9.17) is 11.6 Å². The van der Waals surface area contributed by atoms with Gasteiger partial charge in [0.1, 0.15) is 5.15 Å². The Kier molecular flexibility index (Phi) is 3.62. The lowest BCUT2D eigenvalue weighted by atomic mass is 10.1. The summed E-state index contributed by atoms with van der Waals surface area (Å²) in [6.07, 6.45) is 6.16. The zero-order valence-electron chi connectivity index (χ0n) is 9.62. The van der Waals surface area contributed by atoms with Crippen LogP contribution in [0.4, 0.5) is 0 Å². The molecule has 0 bridgehead atoms. The van der Waals surface area contributed by atoms with Gasteiger partial charge >= 0.3 is 0 Å². The molecule has 16 heavy (non-hydrogen) atoms. The van der Waals surface area contributed by atoms with Gasteiger partial charge in [-0.1, -0.05) is 17.7 Å². The highest BCUT2D eigenvalue weighted by molar-refractivity contribution is 6.30. The summed E-state index contributed by atoms with van der Waals surface area (Å²) in [5, 5.41) is 0.645. The Balaban J connectivity index is 2.28. The first-order chi connectivity index (χ1) is 7.72. The lowest BCUT2D eigenvalue weighted by Crippen LogP contribution is -2.23. The van der Waals surface area contributed by atoms with E-state index in [1.54, 1.807) is 0 Å². The van der Waals surface area contributed by atoms with Crippen molar-refractivity contribution in [3.63, 3.8) is 0 Å². The number of aromatic nitrogens is 1. The van der Waals surface area contributed by atoms with Crippen molar-refractivity contribution in [2.45, 2.75) is 25.8 Å². The summed E-state index contributed by atoms with van der Waals surface area (Å²) in [4.78, 5) is 6.64. The van der Waals surface area contributed by atoms with Crippen LogP contribution in [0.5, 0.6) is 0 Å². The highest BCUT2D eigenvalue weighted by Gasteiger charge is 2.26. The minimum Gasteiger partial charge on any atom is -0.293 e. The maximum absolute atomic E-state index is 6.18. The van der Waals surface area contributed by atoms with Gasteiger partial charge in [0.15, 0.2) is 0 Å². The first-order valence-corrected chi connectivity index (χ1v) is 6.07. The van der Waals surface area contributed by atoms with Crippen molar-refractivity contribution in [3.8, 4) is 0 Å². The van der Waals surface area contributed by atoms with Crippen LogP contribution in [-0.4, -0.2) is 23.0 Å². The molecule has 86 valence electrons. The number of likely N-dealkylation sites (tertiary alicyclic amines) is 1. The highest BCUT2D eigenvalue weighted by atomic mass is 35.5. The average molecular weight is 237 g/mol. The number of pyridine rings is 1. The fourth-order valence-corrected chi connectivity index (χ4v) is 2.60. The third kappa shape index (κ3) is 2.28. The molecule has 0 aliphatic carbocycles. The van der Waals surface area contributed by atoms with E-state index in [-0.39, 0.29) is 0 Å². The molecule has 0 spiro atoms. The second-order valence-corrected chi connectivity index (χ2v) is 4.69. The van der Waals surface area contributed by atoms with Gasteiger partial charge in [0.05, 0.1) is 0 Å². The van der Waals surface area contributed by atoms with E-state index in [2.05, 4.69) is 29.5 Å². The Hall–Kier alpha value is -0.860. The molecule has 0 unspecified atom stereocenters. The SMILES string of the molecule is C=CCN1CCC[C@@H]1c1cc(C)cnc1Cl. The summed E-state index contributed by atoms with van der Waals surface area (Å²) in [5.74, 6) is 0. The van der Waals surface area contributed by atoms with Crippen molar-refractivity contribution in [2.24, 2.45) is 0 Å². The molecular formula is C13H17ClN2. The Bertz CT molecular complexity index is 390. The van der Waals surface area contributed by atoms with Gasteiger partial charge in [-0.2, -0.15) is 0 Å². The van der Waals surface area contributed by atoms with Crippen LogP contribution in [0.2, 0.25) is 5.15 Å². The van der Waals surface area contributed by atoms with Crippen LogP contribution in [0, 0.1) is 6.92 Å². The lowest BCUT2D eigenvalue weighted by molar-refractivity contribution is 0.285. The first kappa shape index (κ1) is 11.6. The molecule has 0 aromatic carbocycles. The predicted octanol–water partition coefficient (Wildman–Crippen LogP) is 3.37. The summed E-state index contributed by atoms with van der Waals surface area (Å²) in [5.41, 5.74) is 2.34. The lowest BCUT2D eigenvalue weighted by Gasteiger charge is -2.24. The smallest absolute Gasteiger partial charge is 0.133 e. The van der Waals surface area contributed by atoms with E-state index in [1.807, 2.05) is 12.3 Å². The minimum absolute atomic E-state index is 0.415. The van der Waals surface area contributed by atoms with Gasteiger partial charge in [-0.25, -0.2) is 4.98 Å². The zero-order valence-corrected chi connectivity index (χ0v) is 10.4. The van der Waals surface area contributed by atoms with Gasteiger partial charge in [-0.3, -0.25) is 4.90 Å². The Morgan fingerprint density at radius 1 is 1.69 bits per heavy atom. The molecule has 0 saturated carbocycles. The van der Waals surface area contributed by atoms with E-state index < -0.39 is 0 Å². The first-order valence-electron chi connectivity index (χ1n) is 5.69. The van der Waals surface area contributed by atoms with Crippen LogP contribution in [-0.2, 0) is 0 Å². The number of hydrogen-bond acceptors (Lipinski definition) is 2. The van der Waals surface area contributed by atoms with E-state index >= 15 is 0 Å². The molecule has 2 heterocycles. The third-order valence-corrected chi connectivity index (χ3v) is 3.40. The number of nitrogens with zero attached hydrogens (tertiary/aromatic N) is 2. The van der Waals surface area contributed by atoms with Crippen molar-refractivity contribution in [3.05, 3.63) is 41.2 Å². The van der Waals surface area contributed by atoms with E-state index in [0.29, 0.717) is 11.2 Å². The molecule has 3 heteroatoms. The molecule has 1 saturated heterocycles. The van der Waals surface area contributed by atoms with Crippen LogP contribution in [0.15, 0.2) is 24.9 Å². The molecule has 0 N–H and O–H groups in total. The second-order valence-electron chi connectivity index (χ2n) is 4.33. The third-order valence-electron chi connectivity index (χ3n) is 3.09. The van der Waals surface area contributed by atoms with Crippen molar-refractivity contribution >= 4 is 11.6 Å². The summed E-state index contributed by atoms with van der Waals surface area (Å²) < 4.78 is 0. The number of hydrogen-bond donors (Lipinski definition) is 0. The summed E-state index contributed by atoms with van der Waals surface area (Å²) in [6, 6.07) is 2.57. The standard InChI is InChI=1S/C13H17ClN2/c1-3-6-16-7-4-5-12(16)11-8-10(2)9-15-13(11)14/h3,8-9,12H,1,4-7H2,2H3/t12-/m1/s1. The van der Waals surface area contributed by atoms with Gasteiger partial charge in [0.2, 0.25) is 0 Å². The van der Waals surface area contributed by atoms with Gasteiger partial charge < -0.3 is 0 Å². The van der Waals surface area contributed by atoms with Crippen LogP contribution >= 0.6 is 11.6 Å². The number of rotatable bonds is 3. The predicted molar refractivity (Wildman–Crippen MR) is 67.7 cm³/mol. The van der Waals surface area contributed by atoms with Crippen molar-refractivity contribution < 1.29 is 0 Å². The van der Waals surface area contributed by atoms with Crippen LogP contribution in [0.3, 0.4) is 0 Å². The Morgan fingerprint density at radius 2 is 2.50 bits per heavy atom. The molecule has 1 atom stereocenters. The van der Waals surface area contributed by atoms with E-state index in [1.165, 1.54) is 24.0 Å². The average Bonchev–Trinajstić information content (AvgIpc) is 2.70. The quantitative estimate of drug-likeness (QED) is 0.591. The van der Waals surface area contributed by atoms with E-state index in [0.717, 1.165) is 13.1 Å².